The van der Waals surface area contributed by atoms with Crippen LogP contribution in [-0.2, 0) is 4.79 Å². The average Bonchev–Trinajstić information content (AvgIpc) is 2.95. The van der Waals surface area contributed by atoms with E-state index >= 15 is 0 Å². The summed E-state index contributed by atoms with van der Waals surface area (Å²) in [6.45, 7) is 0. The van der Waals surface area contributed by atoms with Gasteiger partial charge in [0.1, 0.15) is 5.75 Å². The lowest BCUT2D eigenvalue weighted by atomic mass is 10.1. The normalized spacial score (nSPS) is 15.5. The maximum atomic E-state index is 12.6. The van der Waals surface area contributed by atoms with Crippen molar-refractivity contribution in [3.63, 3.8) is 0 Å². The number of benzene rings is 2. The highest BCUT2D eigenvalue weighted by Crippen LogP contribution is 2.35. The van der Waals surface area contributed by atoms with Gasteiger partial charge in [-0.2, -0.15) is 10.1 Å². The Kier molecular flexibility index (Phi) is 5.95. The number of thiocarbonyl (C=S) groups is 1. The van der Waals surface area contributed by atoms with Crippen molar-refractivity contribution < 1.29 is 14.8 Å². The molecule has 0 bridgehead atoms. The number of phenolic OH excluding ortho intramolecular Hbond substituents is 1. The molecular weight excluding hydrogens is 412 g/mol. The molecule has 3 rings (SSSR count). The second-order valence-electron chi connectivity index (χ2n) is 6.22. The van der Waals surface area contributed by atoms with Crippen LogP contribution >= 0.6 is 24.0 Å². The minimum Gasteiger partial charge on any atom is -0.507 e. The number of hydrogen-bond donors (Lipinski definition) is 1. The Hall–Kier alpha value is -3.24. The summed E-state index contributed by atoms with van der Waals surface area (Å²) in [6.07, 6.45) is 2.89. The summed E-state index contributed by atoms with van der Waals surface area (Å²) in [4.78, 5) is 25.2. The third-order valence-corrected chi connectivity index (χ3v) is 5.30. The van der Waals surface area contributed by atoms with Crippen molar-refractivity contribution in [1.29, 1.82) is 0 Å². The molecule has 1 amide bonds. The van der Waals surface area contributed by atoms with Crippen LogP contribution < -0.4 is 4.90 Å². The van der Waals surface area contributed by atoms with Gasteiger partial charge in [-0.15, -0.1) is 0 Å². The van der Waals surface area contributed by atoms with Crippen LogP contribution in [-0.4, -0.2) is 45.6 Å². The van der Waals surface area contributed by atoms with Gasteiger partial charge in [0.2, 0.25) is 0 Å². The van der Waals surface area contributed by atoms with E-state index in [0.717, 1.165) is 28.0 Å². The third-order valence-electron chi connectivity index (χ3n) is 4.01. The maximum Gasteiger partial charge on any atom is 0.286 e. The van der Waals surface area contributed by atoms with Gasteiger partial charge in [0.15, 0.2) is 4.32 Å². The molecule has 0 atom stereocenters. The summed E-state index contributed by atoms with van der Waals surface area (Å²) in [6, 6.07) is 11.2. The van der Waals surface area contributed by atoms with E-state index in [1.165, 1.54) is 30.5 Å². The quantitative estimate of drug-likeness (QED) is 0.255. The number of anilines is 1. The molecule has 0 radical (unpaired) electrons. The first kappa shape index (κ1) is 20.5. The molecule has 0 aromatic heterocycles. The first-order chi connectivity index (χ1) is 13.8. The molecule has 1 aliphatic heterocycles. The van der Waals surface area contributed by atoms with E-state index in [1.54, 1.807) is 0 Å². The van der Waals surface area contributed by atoms with Crippen LogP contribution in [0.25, 0.3) is 6.08 Å². The molecule has 8 nitrogen and oxygen atoms in total. The summed E-state index contributed by atoms with van der Waals surface area (Å²) < 4.78 is 0.229. The molecule has 0 aliphatic carbocycles. The molecule has 1 saturated heterocycles. The molecule has 2 aromatic rings. The van der Waals surface area contributed by atoms with Gasteiger partial charge < -0.3 is 10.0 Å². The monoisotopic (exact) mass is 428 g/mol. The van der Waals surface area contributed by atoms with Crippen molar-refractivity contribution in [2.24, 2.45) is 5.10 Å². The van der Waals surface area contributed by atoms with Gasteiger partial charge in [-0.3, -0.25) is 14.9 Å². The van der Waals surface area contributed by atoms with Gasteiger partial charge in [0.25, 0.3) is 11.6 Å². The van der Waals surface area contributed by atoms with Crippen LogP contribution in [0.5, 0.6) is 5.75 Å². The lowest BCUT2D eigenvalue weighted by Gasteiger charge is -2.12. The number of nitrogens with zero attached hydrogens (tertiary/aromatic N) is 4. The standard InChI is InChI=1S/C19H16N4O4S2/c1-21(2)14-5-3-12(4-6-14)11-20-22-18(25)17(29-19(22)28)10-13-9-15(23(26)27)7-8-16(13)24/h3-11,24H,1-2H3/b17-10+,20-11+. The van der Waals surface area contributed by atoms with Crippen LogP contribution in [0.3, 0.4) is 0 Å². The van der Waals surface area contributed by atoms with Crippen molar-refractivity contribution in [3.05, 3.63) is 68.6 Å². The summed E-state index contributed by atoms with van der Waals surface area (Å²) in [5, 5.41) is 26.1. The van der Waals surface area contributed by atoms with Crippen LogP contribution in [0.1, 0.15) is 11.1 Å². The maximum absolute atomic E-state index is 12.6. The van der Waals surface area contributed by atoms with Gasteiger partial charge >= 0.3 is 0 Å². The lowest BCUT2D eigenvalue weighted by Crippen LogP contribution is -2.22. The molecule has 1 fully saturated rings. The zero-order valence-electron chi connectivity index (χ0n) is 15.5. The molecular formula is C19H16N4O4S2. The van der Waals surface area contributed by atoms with Gasteiger partial charge in [0.05, 0.1) is 16.0 Å². The molecule has 29 heavy (non-hydrogen) atoms. The number of hydrazone groups is 1. The van der Waals surface area contributed by atoms with E-state index in [1.807, 2.05) is 43.3 Å². The average molecular weight is 428 g/mol. The Morgan fingerprint density at radius 3 is 2.55 bits per heavy atom. The molecule has 1 N–H and O–H groups in total. The molecule has 0 unspecified atom stereocenters. The fourth-order valence-electron chi connectivity index (χ4n) is 2.45. The van der Waals surface area contributed by atoms with Crippen molar-refractivity contribution in [2.45, 2.75) is 0 Å². The summed E-state index contributed by atoms with van der Waals surface area (Å²) >= 11 is 6.23. The van der Waals surface area contributed by atoms with Crippen LogP contribution in [0.2, 0.25) is 0 Å². The van der Waals surface area contributed by atoms with Crippen molar-refractivity contribution in [2.75, 3.05) is 19.0 Å². The Morgan fingerprint density at radius 2 is 1.93 bits per heavy atom. The Morgan fingerprint density at radius 1 is 1.24 bits per heavy atom. The van der Waals surface area contributed by atoms with E-state index in [4.69, 9.17) is 12.2 Å². The Bertz CT molecular complexity index is 1050. The molecule has 2 aromatic carbocycles. The first-order valence-electron chi connectivity index (χ1n) is 8.33. The lowest BCUT2D eigenvalue weighted by molar-refractivity contribution is -0.384. The number of rotatable bonds is 5. The van der Waals surface area contributed by atoms with E-state index in [9.17, 15) is 20.0 Å². The third kappa shape index (κ3) is 4.61. The highest BCUT2D eigenvalue weighted by Gasteiger charge is 2.32. The van der Waals surface area contributed by atoms with Crippen LogP contribution in [0.4, 0.5) is 11.4 Å². The molecule has 148 valence electrons. The number of carbonyl (C=O) groups excluding carboxylic acids is 1. The van der Waals surface area contributed by atoms with Crippen molar-refractivity contribution >= 4 is 57.9 Å². The van der Waals surface area contributed by atoms with Gasteiger partial charge in [-0.05, 0) is 42.1 Å². The molecule has 1 aliphatic rings. The van der Waals surface area contributed by atoms with Gasteiger partial charge in [-0.25, -0.2) is 0 Å². The highest BCUT2D eigenvalue weighted by atomic mass is 32.2. The molecule has 0 spiro atoms. The van der Waals surface area contributed by atoms with E-state index < -0.39 is 10.8 Å². The van der Waals surface area contributed by atoms with Crippen LogP contribution in [0.15, 0.2) is 52.5 Å². The number of thioether (sulfide) groups is 1. The number of phenols is 1. The molecule has 10 heteroatoms. The van der Waals surface area contributed by atoms with E-state index in [0.29, 0.717) is 0 Å². The predicted molar refractivity (Wildman–Crippen MR) is 118 cm³/mol. The SMILES string of the molecule is CN(C)c1ccc(/C=N/N2C(=O)/C(=C\c3cc([N+](=O)[O-])ccc3O)SC2=S)cc1. The van der Waals surface area contributed by atoms with Crippen molar-refractivity contribution in [1.82, 2.24) is 5.01 Å². The fraction of sp³-hybridized carbons (Fsp3) is 0.105. The summed E-state index contributed by atoms with van der Waals surface area (Å²) in [5.41, 5.74) is 1.80. The second-order valence-corrected chi connectivity index (χ2v) is 7.90. The minimum absolute atomic E-state index is 0.156. The number of hydrogen-bond acceptors (Lipinski definition) is 8. The Labute approximate surface area is 176 Å². The topological polar surface area (TPSA) is 99.3 Å². The zero-order chi connectivity index (χ0) is 21.1. The van der Waals surface area contributed by atoms with Gasteiger partial charge in [0, 0.05) is 37.5 Å². The number of amides is 1. The van der Waals surface area contributed by atoms with Crippen LogP contribution in [0, 0.1) is 10.1 Å². The predicted octanol–water partition coefficient (Wildman–Crippen LogP) is 3.60. The van der Waals surface area contributed by atoms with Crippen molar-refractivity contribution in [3.8, 4) is 5.75 Å². The van der Waals surface area contributed by atoms with E-state index in [-0.39, 0.29) is 26.2 Å². The molecule has 1 heterocycles. The number of nitro groups is 1. The second kappa shape index (κ2) is 8.41. The first-order valence-corrected chi connectivity index (χ1v) is 9.55. The zero-order valence-corrected chi connectivity index (χ0v) is 17.1. The number of non-ortho nitro benzene ring substituents is 1. The summed E-state index contributed by atoms with van der Waals surface area (Å²) in [7, 11) is 3.88. The number of aromatic hydroxyl groups is 1. The highest BCUT2D eigenvalue weighted by molar-refractivity contribution is 8.26. The fourth-order valence-corrected chi connectivity index (χ4v) is 3.62. The number of nitro benzene ring substituents is 1. The van der Waals surface area contributed by atoms with E-state index in [2.05, 4.69) is 5.10 Å². The number of carbonyl (C=O) groups is 1. The summed E-state index contributed by atoms with van der Waals surface area (Å²) in [5.74, 6) is -0.641. The van der Waals surface area contributed by atoms with Gasteiger partial charge in [-0.1, -0.05) is 23.9 Å². The Balaban J connectivity index is 1.82. The smallest absolute Gasteiger partial charge is 0.286 e. The largest absolute Gasteiger partial charge is 0.507 e. The molecule has 0 saturated carbocycles. The minimum atomic E-state index is -0.576.